The largest absolute Gasteiger partial charge is 0.480 e. The molecule has 0 bridgehead atoms. The fourth-order valence-corrected chi connectivity index (χ4v) is 2.58. The summed E-state index contributed by atoms with van der Waals surface area (Å²) < 4.78 is 0. The third kappa shape index (κ3) is 3.25. The van der Waals surface area contributed by atoms with Gasteiger partial charge in [-0.25, -0.2) is 9.97 Å². The summed E-state index contributed by atoms with van der Waals surface area (Å²) in [4.78, 5) is 21.2. The van der Waals surface area contributed by atoms with Gasteiger partial charge in [0.2, 0.25) is 0 Å². The molecule has 1 atom stereocenters. The molecule has 1 saturated heterocycles. The lowest BCUT2D eigenvalue weighted by atomic mass is 10.3. The van der Waals surface area contributed by atoms with Crippen molar-refractivity contribution in [2.75, 3.05) is 34.8 Å². The monoisotopic (exact) mass is 268 g/mol. The van der Waals surface area contributed by atoms with Crippen molar-refractivity contribution in [2.45, 2.75) is 13.0 Å². The van der Waals surface area contributed by atoms with E-state index in [9.17, 15) is 4.79 Å². The van der Waals surface area contributed by atoms with E-state index >= 15 is 0 Å². The first-order chi connectivity index (χ1) is 8.66. The zero-order valence-electron chi connectivity index (χ0n) is 10.2. The topological polar surface area (TPSA) is 78.3 Å². The van der Waals surface area contributed by atoms with Crippen LogP contribution in [0, 0.1) is 0 Å². The van der Waals surface area contributed by atoms with Gasteiger partial charge >= 0.3 is 5.97 Å². The Morgan fingerprint density at radius 2 is 2.22 bits per heavy atom. The summed E-state index contributed by atoms with van der Waals surface area (Å²) in [6, 6.07) is 1.14. The number of hydrogen-bond donors (Lipinski definition) is 2. The Kier molecular flexibility index (Phi) is 4.24. The Bertz CT molecular complexity index is 423. The molecule has 7 heteroatoms. The Morgan fingerprint density at radius 3 is 2.89 bits per heavy atom. The molecule has 98 valence electrons. The molecule has 1 aromatic rings. The number of hydrogen-bond acceptors (Lipinski definition) is 6. The third-order valence-corrected chi connectivity index (χ3v) is 3.67. The highest BCUT2D eigenvalue weighted by molar-refractivity contribution is 7.99. The molecule has 0 aliphatic carbocycles. The van der Waals surface area contributed by atoms with Crippen LogP contribution in [0.2, 0.25) is 0 Å². The highest BCUT2D eigenvalue weighted by Crippen LogP contribution is 2.19. The summed E-state index contributed by atoms with van der Waals surface area (Å²) in [5.41, 5.74) is 0. The minimum atomic E-state index is -0.899. The molecule has 1 aliphatic rings. The summed E-state index contributed by atoms with van der Waals surface area (Å²) in [7, 11) is 0. The third-order valence-electron chi connectivity index (χ3n) is 2.72. The van der Waals surface area contributed by atoms with E-state index in [0.29, 0.717) is 5.82 Å². The van der Waals surface area contributed by atoms with Crippen molar-refractivity contribution >= 4 is 29.4 Å². The molecule has 0 aromatic carbocycles. The van der Waals surface area contributed by atoms with E-state index in [1.807, 2.05) is 11.8 Å². The zero-order valence-corrected chi connectivity index (χ0v) is 11.0. The number of carboxylic acid groups (broad SMARTS) is 1. The van der Waals surface area contributed by atoms with Crippen LogP contribution < -0.4 is 10.2 Å². The van der Waals surface area contributed by atoms with Gasteiger partial charge in [-0.15, -0.1) is 0 Å². The summed E-state index contributed by atoms with van der Waals surface area (Å²) in [5, 5.41) is 11.7. The lowest BCUT2D eigenvalue weighted by molar-refractivity contribution is -0.137. The molecule has 2 N–H and O–H groups in total. The minimum Gasteiger partial charge on any atom is -0.480 e. The first kappa shape index (κ1) is 12.9. The second-order valence-corrected chi connectivity index (χ2v) is 5.29. The summed E-state index contributed by atoms with van der Waals surface area (Å²) >= 11 is 1.93. The van der Waals surface area contributed by atoms with Crippen LogP contribution >= 0.6 is 11.8 Å². The average Bonchev–Trinajstić information content (AvgIpc) is 2.40. The quantitative estimate of drug-likeness (QED) is 0.840. The fraction of sp³-hybridized carbons (Fsp3) is 0.545. The van der Waals surface area contributed by atoms with Crippen molar-refractivity contribution in [3.05, 3.63) is 12.4 Å². The summed E-state index contributed by atoms with van der Waals surface area (Å²) in [6.45, 7) is 3.52. The van der Waals surface area contributed by atoms with Crippen LogP contribution in [0.25, 0.3) is 0 Å². The summed E-state index contributed by atoms with van der Waals surface area (Å²) in [5.74, 6) is 2.69. The van der Waals surface area contributed by atoms with Gasteiger partial charge in [-0.3, -0.25) is 4.79 Å². The van der Waals surface area contributed by atoms with Gasteiger partial charge in [-0.1, -0.05) is 0 Å². The lowest BCUT2D eigenvalue weighted by Gasteiger charge is -2.27. The molecular weight excluding hydrogens is 252 g/mol. The molecule has 0 amide bonds. The van der Waals surface area contributed by atoms with E-state index in [-0.39, 0.29) is 0 Å². The van der Waals surface area contributed by atoms with Gasteiger partial charge in [0.25, 0.3) is 0 Å². The second-order valence-electron chi connectivity index (χ2n) is 4.07. The Morgan fingerprint density at radius 1 is 1.50 bits per heavy atom. The van der Waals surface area contributed by atoms with Crippen molar-refractivity contribution in [2.24, 2.45) is 0 Å². The molecule has 0 unspecified atom stereocenters. The van der Waals surface area contributed by atoms with Gasteiger partial charge in [0.1, 0.15) is 24.0 Å². The zero-order chi connectivity index (χ0) is 13.0. The van der Waals surface area contributed by atoms with Crippen LogP contribution in [0.15, 0.2) is 12.4 Å². The maximum Gasteiger partial charge on any atom is 0.325 e. The normalized spacial score (nSPS) is 17.3. The molecule has 1 aliphatic heterocycles. The molecule has 0 spiro atoms. The van der Waals surface area contributed by atoms with E-state index < -0.39 is 12.0 Å². The van der Waals surface area contributed by atoms with Crippen LogP contribution in [0.3, 0.4) is 0 Å². The molecule has 18 heavy (non-hydrogen) atoms. The van der Waals surface area contributed by atoms with Crippen molar-refractivity contribution in [3.63, 3.8) is 0 Å². The predicted octanol–water partition coefficient (Wildman–Crippen LogP) is 0.915. The molecule has 2 rings (SSSR count). The number of carbonyl (C=O) groups is 1. The van der Waals surface area contributed by atoms with Gasteiger partial charge in [-0.05, 0) is 6.92 Å². The van der Waals surface area contributed by atoms with Crippen LogP contribution in [0.4, 0.5) is 11.6 Å². The van der Waals surface area contributed by atoms with E-state index in [2.05, 4.69) is 20.2 Å². The number of aliphatic carboxylic acids is 1. The lowest BCUT2D eigenvalue weighted by Crippen LogP contribution is -2.33. The van der Waals surface area contributed by atoms with Crippen molar-refractivity contribution in [1.29, 1.82) is 0 Å². The van der Waals surface area contributed by atoms with Gasteiger partial charge in [0, 0.05) is 30.7 Å². The minimum absolute atomic E-state index is 0.549. The van der Waals surface area contributed by atoms with Crippen LogP contribution in [-0.2, 0) is 4.79 Å². The maximum absolute atomic E-state index is 10.8. The molecular formula is C11H16N4O2S. The first-order valence-corrected chi connectivity index (χ1v) is 6.96. The number of carboxylic acids is 1. The van der Waals surface area contributed by atoms with Gasteiger partial charge in [-0.2, -0.15) is 11.8 Å². The summed E-state index contributed by atoms with van der Waals surface area (Å²) in [6.07, 6.45) is 1.47. The molecule has 1 aromatic heterocycles. The van der Waals surface area contributed by atoms with Crippen LogP contribution in [0.5, 0.6) is 0 Å². The molecule has 0 radical (unpaired) electrons. The highest BCUT2D eigenvalue weighted by atomic mass is 32.2. The standard InChI is InChI=1S/C11H16N4O2S/c1-8(11(16)17)14-9-6-10(13-7-12-9)15-2-4-18-5-3-15/h6-8H,2-5H2,1H3,(H,16,17)(H,12,13,14)/t8-/m1/s1. The number of rotatable bonds is 4. The van der Waals surface area contributed by atoms with Gasteiger partial charge in [0.05, 0.1) is 0 Å². The molecule has 0 saturated carbocycles. The maximum atomic E-state index is 10.8. The van der Waals surface area contributed by atoms with E-state index in [0.717, 1.165) is 30.4 Å². The Hall–Kier alpha value is -1.50. The van der Waals surface area contributed by atoms with E-state index in [1.165, 1.54) is 6.33 Å². The van der Waals surface area contributed by atoms with Gasteiger partial charge < -0.3 is 15.3 Å². The average molecular weight is 268 g/mol. The van der Waals surface area contributed by atoms with Crippen molar-refractivity contribution in [1.82, 2.24) is 9.97 Å². The fourth-order valence-electron chi connectivity index (χ4n) is 1.67. The van der Waals surface area contributed by atoms with Crippen molar-refractivity contribution in [3.8, 4) is 0 Å². The SMILES string of the molecule is C[C@@H](Nc1cc(N2CCSCC2)ncn1)C(=O)O. The first-order valence-electron chi connectivity index (χ1n) is 5.81. The Labute approximate surface area is 110 Å². The number of nitrogens with one attached hydrogen (secondary N) is 1. The van der Waals surface area contributed by atoms with Gasteiger partial charge in [0.15, 0.2) is 0 Å². The number of anilines is 2. The number of nitrogens with zero attached hydrogens (tertiary/aromatic N) is 3. The molecule has 2 heterocycles. The number of thioether (sulfide) groups is 1. The second kappa shape index (κ2) is 5.90. The van der Waals surface area contributed by atoms with Crippen LogP contribution in [0.1, 0.15) is 6.92 Å². The Balaban J connectivity index is 2.06. The highest BCUT2D eigenvalue weighted by Gasteiger charge is 2.15. The van der Waals surface area contributed by atoms with E-state index in [1.54, 1.807) is 13.0 Å². The van der Waals surface area contributed by atoms with Crippen LogP contribution in [-0.4, -0.2) is 51.7 Å². The molecule has 1 fully saturated rings. The smallest absolute Gasteiger partial charge is 0.325 e. The number of aromatic nitrogens is 2. The molecule has 6 nitrogen and oxygen atoms in total. The van der Waals surface area contributed by atoms with Crippen molar-refractivity contribution < 1.29 is 9.90 Å². The predicted molar refractivity (Wildman–Crippen MR) is 72.3 cm³/mol. The van der Waals surface area contributed by atoms with E-state index in [4.69, 9.17) is 5.11 Å².